The van der Waals surface area contributed by atoms with Gasteiger partial charge in [-0.15, -0.1) is 0 Å². The van der Waals surface area contributed by atoms with Gasteiger partial charge in [-0.2, -0.15) is 0 Å². The normalized spacial score (nSPS) is 17.3. The fourth-order valence-electron chi connectivity index (χ4n) is 4.82. The summed E-state index contributed by atoms with van der Waals surface area (Å²) in [5, 5.41) is 12.5. The number of pyridine rings is 1. The fourth-order valence-corrected chi connectivity index (χ4v) is 6.22. The zero-order chi connectivity index (χ0) is 26.9. The highest BCUT2D eigenvalue weighted by molar-refractivity contribution is 7.22. The summed E-state index contributed by atoms with van der Waals surface area (Å²) >= 11 is 13.8. The highest BCUT2D eigenvalue weighted by Crippen LogP contribution is 2.45. The standard InChI is InChI=1S/C28H20Cl2N4O3S/c1-13-6-9-19-20(11-13)38-28(31-19)34-23(16-7-8-17(29)18(30)12-16)21(25(36)27(34)37)24(35)22-15(3)33-10-4-5-14(2)26(33)32-22/h4-12,23,35H,1-3H3. The summed E-state index contributed by atoms with van der Waals surface area (Å²) < 4.78 is 2.71. The van der Waals surface area contributed by atoms with E-state index in [1.807, 2.05) is 54.8 Å². The molecule has 3 aromatic heterocycles. The Bertz CT molecular complexity index is 1860. The van der Waals surface area contributed by atoms with Crippen LogP contribution in [0.25, 0.3) is 21.6 Å². The van der Waals surface area contributed by atoms with Crippen molar-refractivity contribution >= 4 is 73.0 Å². The molecular formula is C28H20Cl2N4O3S. The second kappa shape index (κ2) is 8.94. The number of imidazole rings is 1. The number of aliphatic hydroxyl groups excluding tert-OH is 1. The molecule has 1 unspecified atom stereocenters. The van der Waals surface area contributed by atoms with Gasteiger partial charge in [0.1, 0.15) is 11.3 Å². The lowest BCUT2D eigenvalue weighted by Gasteiger charge is -2.23. The molecule has 0 radical (unpaired) electrons. The molecule has 6 rings (SSSR count). The first kappa shape index (κ1) is 24.6. The Morgan fingerprint density at radius 2 is 1.79 bits per heavy atom. The maximum absolute atomic E-state index is 13.6. The molecule has 0 aliphatic carbocycles. The Morgan fingerprint density at radius 3 is 2.53 bits per heavy atom. The number of benzene rings is 2. The number of rotatable bonds is 3. The van der Waals surface area contributed by atoms with E-state index < -0.39 is 17.7 Å². The van der Waals surface area contributed by atoms with Crippen LogP contribution < -0.4 is 4.90 Å². The van der Waals surface area contributed by atoms with E-state index in [2.05, 4.69) is 9.97 Å². The Hall–Kier alpha value is -3.72. The van der Waals surface area contributed by atoms with Crippen molar-refractivity contribution in [3.8, 4) is 0 Å². The second-order valence-electron chi connectivity index (χ2n) is 9.24. The van der Waals surface area contributed by atoms with Gasteiger partial charge in [0.05, 0.1) is 37.6 Å². The minimum absolute atomic E-state index is 0.0898. The van der Waals surface area contributed by atoms with Gasteiger partial charge in [-0.05, 0) is 67.8 Å². The van der Waals surface area contributed by atoms with Crippen LogP contribution in [0.3, 0.4) is 0 Å². The van der Waals surface area contributed by atoms with E-state index in [1.54, 1.807) is 25.1 Å². The first-order valence-electron chi connectivity index (χ1n) is 11.7. The van der Waals surface area contributed by atoms with Crippen LogP contribution in [-0.4, -0.2) is 31.2 Å². The number of ketones is 1. The SMILES string of the molecule is Cc1ccc2nc(N3C(=O)C(=O)C(=C(O)c4nc5c(C)cccn5c4C)C3c3ccc(Cl)c(Cl)c3)sc2c1. The highest BCUT2D eigenvalue weighted by atomic mass is 35.5. The minimum atomic E-state index is -0.989. The lowest BCUT2D eigenvalue weighted by molar-refractivity contribution is -0.132. The molecule has 7 nitrogen and oxygen atoms in total. The molecule has 1 aliphatic rings. The van der Waals surface area contributed by atoms with Gasteiger partial charge in [-0.25, -0.2) is 9.97 Å². The molecule has 4 heterocycles. The summed E-state index contributed by atoms with van der Waals surface area (Å²) in [4.78, 5) is 37.7. The average Bonchev–Trinajstić information content (AvgIpc) is 3.53. The largest absolute Gasteiger partial charge is 0.505 e. The van der Waals surface area contributed by atoms with Gasteiger partial charge in [0.25, 0.3) is 5.78 Å². The zero-order valence-corrected chi connectivity index (χ0v) is 22.8. The molecule has 190 valence electrons. The predicted octanol–water partition coefficient (Wildman–Crippen LogP) is 6.80. The van der Waals surface area contributed by atoms with Crippen molar-refractivity contribution in [2.45, 2.75) is 26.8 Å². The molecule has 1 saturated heterocycles. The molecule has 5 aromatic rings. The number of aryl methyl sites for hydroxylation is 3. The molecule has 1 fully saturated rings. The molecule has 1 amide bonds. The monoisotopic (exact) mass is 562 g/mol. The van der Waals surface area contributed by atoms with Gasteiger partial charge in [0.2, 0.25) is 0 Å². The summed E-state index contributed by atoms with van der Waals surface area (Å²) in [5.74, 6) is -1.99. The van der Waals surface area contributed by atoms with Crippen molar-refractivity contribution in [1.82, 2.24) is 14.4 Å². The Morgan fingerprint density at radius 1 is 1.00 bits per heavy atom. The smallest absolute Gasteiger partial charge is 0.301 e. The summed E-state index contributed by atoms with van der Waals surface area (Å²) in [6.07, 6.45) is 1.83. The molecular weight excluding hydrogens is 543 g/mol. The molecule has 2 aromatic carbocycles. The maximum atomic E-state index is 13.6. The van der Waals surface area contributed by atoms with E-state index in [-0.39, 0.29) is 22.0 Å². The van der Waals surface area contributed by atoms with E-state index in [4.69, 9.17) is 23.2 Å². The van der Waals surface area contributed by atoms with E-state index in [0.29, 0.717) is 32.6 Å². The first-order chi connectivity index (χ1) is 18.2. The lowest BCUT2D eigenvalue weighted by Crippen LogP contribution is -2.29. The van der Waals surface area contributed by atoms with Crippen LogP contribution in [0.15, 0.2) is 60.3 Å². The number of aliphatic hydroxyl groups is 1. The Labute approximate surface area is 231 Å². The number of anilines is 1. The quantitative estimate of drug-likeness (QED) is 0.148. The number of carbonyl (C=O) groups excluding carboxylic acids is 2. The van der Waals surface area contributed by atoms with Gasteiger partial charge in [0.15, 0.2) is 10.9 Å². The van der Waals surface area contributed by atoms with Crippen molar-refractivity contribution < 1.29 is 14.7 Å². The fraction of sp³-hybridized carbons (Fsp3) is 0.143. The topological polar surface area (TPSA) is 87.8 Å². The van der Waals surface area contributed by atoms with Gasteiger partial charge >= 0.3 is 5.91 Å². The van der Waals surface area contributed by atoms with Gasteiger partial charge in [0, 0.05) is 6.20 Å². The number of halogens is 2. The van der Waals surface area contributed by atoms with Gasteiger partial charge in [-0.3, -0.25) is 14.5 Å². The Kier molecular flexibility index (Phi) is 5.79. The number of hydrogen-bond acceptors (Lipinski definition) is 6. The molecule has 0 saturated carbocycles. The third-order valence-corrected chi connectivity index (χ3v) is 8.51. The van der Waals surface area contributed by atoms with Gasteiger partial charge in [-0.1, -0.05) is 52.7 Å². The number of hydrogen-bond donors (Lipinski definition) is 1. The van der Waals surface area contributed by atoms with Crippen LogP contribution in [0, 0.1) is 20.8 Å². The summed E-state index contributed by atoms with van der Waals surface area (Å²) in [6, 6.07) is 13.5. The number of Topliss-reactive ketones (excluding diaryl/α,β-unsaturated/α-hetero) is 1. The number of thiazole rings is 1. The van der Waals surface area contributed by atoms with Crippen molar-refractivity contribution in [3.63, 3.8) is 0 Å². The van der Waals surface area contributed by atoms with Crippen LogP contribution in [0.5, 0.6) is 0 Å². The predicted molar refractivity (Wildman–Crippen MR) is 150 cm³/mol. The van der Waals surface area contributed by atoms with Crippen LogP contribution in [-0.2, 0) is 9.59 Å². The van der Waals surface area contributed by atoms with Crippen LogP contribution in [0.1, 0.15) is 34.1 Å². The van der Waals surface area contributed by atoms with Crippen molar-refractivity contribution in [2.24, 2.45) is 0 Å². The first-order valence-corrected chi connectivity index (χ1v) is 13.3. The van der Waals surface area contributed by atoms with Crippen LogP contribution in [0.4, 0.5) is 5.13 Å². The van der Waals surface area contributed by atoms with Crippen LogP contribution >= 0.6 is 34.5 Å². The maximum Gasteiger partial charge on any atom is 0.301 e. The molecule has 1 aliphatic heterocycles. The number of fused-ring (bicyclic) bond motifs is 2. The second-order valence-corrected chi connectivity index (χ2v) is 11.1. The molecule has 0 spiro atoms. The van der Waals surface area contributed by atoms with Crippen molar-refractivity contribution in [3.05, 3.63) is 98.4 Å². The minimum Gasteiger partial charge on any atom is -0.505 e. The van der Waals surface area contributed by atoms with Crippen molar-refractivity contribution in [1.29, 1.82) is 0 Å². The third kappa shape index (κ3) is 3.71. The number of aromatic nitrogens is 3. The number of nitrogens with zero attached hydrogens (tertiary/aromatic N) is 4. The van der Waals surface area contributed by atoms with E-state index in [9.17, 15) is 14.7 Å². The molecule has 1 N–H and O–H groups in total. The third-order valence-electron chi connectivity index (χ3n) is 6.75. The Balaban J connectivity index is 1.61. The molecule has 38 heavy (non-hydrogen) atoms. The number of amides is 1. The molecule has 10 heteroatoms. The summed E-state index contributed by atoms with van der Waals surface area (Å²) in [6.45, 7) is 5.68. The molecule has 0 bridgehead atoms. The van der Waals surface area contributed by atoms with E-state index >= 15 is 0 Å². The van der Waals surface area contributed by atoms with Crippen molar-refractivity contribution in [2.75, 3.05) is 4.90 Å². The summed E-state index contributed by atoms with van der Waals surface area (Å²) in [5.41, 5.74) is 4.58. The highest BCUT2D eigenvalue weighted by Gasteiger charge is 2.48. The number of carbonyl (C=O) groups is 2. The average molecular weight is 563 g/mol. The molecule has 1 atom stereocenters. The summed E-state index contributed by atoms with van der Waals surface area (Å²) in [7, 11) is 0. The van der Waals surface area contributed by atoms with Gasteiger partial charge < -0.3 is 9.51 Å². The van der Waals surface area contributed by atoms with E-state index in [1.165, 1.54) is 16.2 Å². The van der Waals surface area contributed by atoms with Crippen LogP contribution in [0.2, 0.25) is 10.0 Å². The lowest BCUT2D eigenvalue weighted by atomic mass is 9.96. The van der Waals surface area contributed by atoms with E-state index in [0.717, 1.165) is 15.8 Å². The zero-order valence-electron chi connectivity index (χ0n) is 20.5.